The van der Waals surface area contributed by atoms with Crippen LogP contribution in [0.25, 0.3) is 22.1 Å². The number of hydrogen-bond donors (Lipinski definition) is 2. The highest BCUT2D eigenvalue weighted by molar-refractivity contribution is 5.87. The third-order valence-corrected chi connectivity index (χ3v) is 6.51. The van der Waals surface area contributed by atoms with Gasteiger partial charge in [-0.15, -0.1) is 0 Å². The quantitative estimate of drug-likeness (QED) is 0.369. The van der Waals surface area contributed by atoms with Crippen molar-refractivity contribution in [3.63, 3.8) is 0 Å². The Morgan fingerprint density at radius 1 is 1.08 bits per heavy atom. The summed E-state index contributed by atoms with van der Waals surface area (Å²) in [5.41, 5.74) is 4.75. The van der Waals surface area contributed by atoms with E-state index in [1.165, 1.54) is 6.33 Å². The smallest absolute Gasteiger partial charge is 0.226 e. The molecule has 2 aromatic carbocycles. The number of anilines is 3. The number of imidazole rings is 1. The van der Waals surface area contributed by atoms with E-state index < -0.39 is 12.3 Å². The van der Waals surface area contributed by atoms with Gasteiger partial charge in [-0.05, 0) is 49.2 Å². The lowest BCUT2D eigenvalue weighted by Gasteiger charge is -2.32. The molecule has 0 bridgehead atoms. The minimum atomic E-state index is -1.23. The number of alkyl halides is 1. The van der Waals surface area contributed by atoms with Crippen molar-refractivity contribution >= 4 is 39.5 Å². The summed E-state index contributed by atoms with van der Waals surface area (Å²) in [5.74, 6) is 2.36. The van der Waals surface area contributed by atoms with E-state index in [9.17, 15) is 9.50 Å². The van der Waals surface area contributed by atoms with Crippen LogP contribution in [0.15, 0.2) is 55.2 Å². The summed E-state index contributed by atoms with van der Waals surface area (Å²) in [4.78, 5) is 23.8. The predicted molar refractivity (Wildman–Crippen MR) is 138 cm³/mol. The molecular formula is C26H25FN8O2. The number of ether oxygens (including phenoxy) is 1. The first-order valence-corrected chi connectivity index (χ1v) is 12.0. The number of nitrogens with zero attached hydrogens (tertiary/aromatic N) is 7. The number of hydrogen-bond acceptors (Lipinski definition) is 9. The highest BCUT2D eigenvalue weighted by atomic mass is 19.1. The fourth-order valence-corrected chi connectivity index (χ4v) is 4.46. The van der Waals surface area contributed by atoms with Gasteiger partial charge in [-0.3, -0.25) is 0 Å². The summed E-state index contributed by atoms with van der Waals surface area (Å²) in [5, 5.41) is 13.3. The average Bonchev–Trinajstić information content (AvgIpc) is 3.27. The van der Waals surface area contributed by atoms with Crippen molar-refractivity contribution in [3.8, 4) is 11.5 Å². The number of aliphatic hydroxyl groups excluding tert-OH is 1. The van der Waals surface area contributed by atoms with Gasteiger partial charge in [0.2, 0.25) is 5.95 Å². The molecule has 2 N–H and O–H groups in total. The fraction of sp³-hybridized carbons (Fsp3) is 0.269. The number of β-amino-alcohol motifs (C(OH)–C–C–N with tert-alkyl or cyclic N) is 1. The standard InChI is InChI=1S/C26H25FN8O2/c1-15-9-16(3-6-23(15)37-17-4-5-21-19(10-17)31-14-34(21)2)32-25-24-20(29-13-30-25)11-28-26(33-24)35-8-7-18(27)22(36)12-35/h3-6,9-11,13-14,18,22,36H,7-8,12H2,1-2H3,(H,29,30,32)/t18-,22-/m0/s1. The van der Waals surface area contributed by atoms with Crippen molar-refractivity contribution in [1.29, 1.82) is 0 Å². The fourth-order valence-electron chi connectivity index (χ4n) is 4.46. The lowest BCUT2D eigenvalue weighted by molar-refractivity contribution is 0.0640. The van der Waals surface area contributed by atoms with Crippen LogP contribution in [0.1, 0.15) is 12.0 Å². The Bertz CT molecular complexity index is 1610. The van der Waals surface area contributed by atoms with E-state index in [1.54, 1.807) is 17.4 Å². The zero-order chi connectivity index (χ0) is 25.5. The molecule has 37 heavy (non-hydrogen) atoms. The van der Waals surface area contributed by atoms with E-state index in [2.05, 4.69) is 30.2 Å². The number of benzene rings is 2. The van der Waals surface area contributed by atoms with Crippen molar-refractivity contribution in [2.24, 2.45) is 7.05 Å². The van der Waals surface area contributed by atoms with E-state index in [0.29, 0.717) is 35.1 Å². The van der Waals surface area contributed by atoms with Crippen LogP contribution in [0.4, 0.5) is 21.8 Å². The number of piperidine rings is 1. The maximum absolute atomic E-state index is 13.7. The summed E-state index contributed by atoms with van der Waals surface area (Å²) in [6, 6.07) is 11.6. The molecule has 3 aromatic heterocycles. The summed E-state index contributed by atoms with van der Waals surface area (Å²) in [6.45, 7) is 2.53. The summed E-state index contributed by atoms with van der Waals surface area (Å²) in [6.07, 6.45) is 2.77. The lowest BCUT2D eigenvalue weighted by Crippen LogP contribution is -2.45. The van der Waals surface area contributed by atoms with Crippen LogP contribution in [0.3, 0.4) is 0 Å². The maximum atomic E-state index is 13.7. The summed E-state index contributed by atoms with van der Waals surface area (Å²) in [7, 11) is 1.96. The number of aliphatic hydroxyl groups is 1. The number of rotatable bonds is 5. The Kier molecular flexibility index (Phi) is 5.76. The summed E-state index contributed by atoms with van der Waals surface area (Å²) >= 11 is 0. The molecule has 5 aromatic rings. The lowest BCUT2D eigenvalue weighted by atomic mass is 10.1. The predicted octanol–water partition coefficient (Wildman–Crippen LogP) is 4.06. The first-order chi connectivity index (χ1) is 17.9. The highest BCUT2D eigenvalue weighted by Crippen LogP contribution is 2.31. The van der Waals surface area contributed by atoms with E-state index in [0.717, 1.165) is 28.0 Å². The number of nitrogens with one attached hydrogen (secondary N) is 1. The highest BCUT2D eigenvalue weighted by Gasteiger charge is 2.29. The monoisotopic (exact) mass is 500 g/mol. The van der Waals surface area contributed by atoms with Crippen molar-refractivity contribution in [2.45, 2.75) is 25.6 Å². The zero-order valence-corrected chi connectivity index (χ0v) is 20.3. The van der Waals surface area contributed by atoms with Crippen LogP contribution in [0, 0.1) is 6.92 Å². The second-order valence-electron chi connectivity index (χ2n) is 9.16. The van der Waals surface area contributed by atoms with Gasteiger partial charge in [0.05, 0.1) is 23.6 Å². The first kappa shape index (κ1) is 23.0. The molecule has 1 aliphatic heterocycles. The van der Waals surface area contributed by atoms with Crippen LogP contribution in [-0.4, -0.2) is 60.0 Å². The molecule has 0 unspecified atom stereocenters. The van der Waals surface area contributed by atoms with E-state index in [1.807, 2.05) is 54.9 Å². The molecule has 188 valence electrons. The molecule has 0 saturated carbocycles. The van der Waals surface area contributed by atoms with E-state index in [4.69, 9.17) is 4.74 Å². The minimum absolute atomic E-state index is 0.136. The molecule has 10 nitrogen and oxygen atoms in total. The van der Waals surface area contributed by atoms with Gasteiger partial charge < -0.3 is 24.6 Å². The molecule has 0 aliphatic carbocycles. The van der Waals surface area contributed by atoms with E-state index >= 15 is 0 Å². The average molecular weight is 501 g/mol. The SMILES string of the molecule is Cc1cc(Nc2ncnc3cnc(N4CC[C@H](F)[C@@H](O)C4)nc23)ccc1Oc1ccc2c(c1)ncn2C. The number of halogens is 1. The van der Waals surface area contributed by atoms with Crippen LogP contribution < -0.4 is 15.0 Å². The number of aromatic nitrogens is 6. The maximum Gasteiger partial charge on any atom is 0.226 e. The van der Waals surface area contributed by atoms with Crippen molar-refractivity contribution in [1.82, 2.24) is 29.5 Å². The van der Waals surface area contributed by atoms with Crippen molar-refractivity contribution < 1.29 is 14.2 Å². The van der Waals surface area contributed by atoms with Gasteiger partial charge in [-0.1, -0.05) is 0 Å². The van der Waals surface area contributed by atoms with Crippen LogP contribution >= 0.6 is 0 Å². The second kappa shape index (κ2) is 9.25. The van der Waals surface area contributed by atoms with Crippen molar-refractivity contribution in [2.75, 3.05) is 23.3 Å². The molecule has 1 aliphatic rings. The van der Waals surface area contributed by atoms with Crippen LogP contribution in [0.5, 0.6) is 11.5 Å². The molecule has 0 amide bonds. The molecule has 4 heterocycles. The van der Waals surface area contributed by atoms with Gasteiger partial charge in [-0.25, -0.2) is 29.3 Å². The second-order valence-corrected chi connectivity index (χ2v) is 9.16. The Hall–Kier alpha value is -4.38. The third kappa shape index (κ3) is 4.49. The van der Waals surface area contributed by atoms with Gasteiger partial charge in [-0.2, -0.15) is 0 Å². The molecule has 2 atom stereocenters. The van der Waals surface area contributed by atoms with Gasteiger partial charge in [0.1, 0.15) is 41.1 Å². The molecule has 11 heteroatoms. The molecule has 6 rings (SSSR count). The first-order valence-electron chi connectivity index (χ1n) is 12.0. The number of aryl methyl sites for hydroxylation is 2. The third-order valence-electron chi connectivity index (χ3n) is 6.51. The summed E-state index contributed by atoms with van der Waals surface area (Å²) < 4.78 is 21.8. The minimum Gasteiger partial charge on any atom is -0.457 e. The molecule has 1 fully saturated rings. The largest absolute Gasteiger partial charge is 0.457 e. The Labute approximate surface area is 211 Å². The van der Waals surface area contributed by atoms with Crippen LogP contribution in [0.2, 0.25) is 0 Å². The molecule has 1 saturated heterocycles. The topological polar surface area (TPSA) is 114 Å². The molecule has 0 spiro atoms. The van der Waals surface area contributed by atoms with Gasteiger partial charge in [0.25, 0.3) is 0 Å². The van der Waals surface area contributed by atoms with Crippen molar-refractivity contribution in [3.05, 3.63) is 60.8 Å². The Morgan fingerprint density at radius 2 is 1.97 bits per heavy atom. The Morgan fingerprint density at radius 3 is 2.81 bits per heavy atom. The molecular weight excluding hydrogens is 475 g/mol. The van der Waals surface area contributed by atoms with Gasteiger partial charge >= 0.3 is 0 Å². The van der Waals surface area contributed by atoms with E-state index in [-0.39, 0.29) is 13.0 Å². The zero-order valence-electron chi connectivity index (χ0n) is 20.3. The van der Waals surface area contributed by atoms with Crippen LogP contribution in [-0.2, 0) is 7.05 Å². The number of fused-ring (bicyclic) bond motifs is 2. The normalized spacial score (nSPS) is 17.9. The Balaban J connectivity index is 1.24. The molecule has 0 radical (unpaired) electrons. The van der Waals surface area contributed by atoms with Gasteiger partial charge in [0, 0.05) is 31.9 Å². The van der Waals surface area contributed by atoms with Gasteiger partial charge in [0.15, 0.2) is 5.82 Å².